The predicted molar refractivity (Wildman–Crippen MR) is 121 cm³/mol. The summed E-state index contributed by atoms with van der Waals surface area (Å²) in [5.41, 5.74) is 0.684. The number of alkyl halides is 3. The molecule has 166 valence electrons. The molecule has 6 nitrogen and oxygen atoms in total. The molecule has 0 aliphatic rings. The molecule has 0 spiro atoms. The molecule has 0 fully saturated rings. The lowest BCUT2D eigenvalue weighted by atomic mass is 10.1. The fourth-order valence-electron chi connectivity index (χ4n) is 3.47. The summed E-state index contributed by atoms with van der Waals surface area (Å²) >= 11 is 6.94. The average Bonchev–Trinajstić information content (AvgIpc) is 3.51. The Hall–Kier alpha value is -3.63. The summed E-state index contributed by atoms with van der Waals surface area (Å²) in [6.45, 7) is 0. The van der Waals surface area contributed by atoms with Gasteiger partial charge in [-0.1, -0.05) is 29.8 Å². The second-order valence-electron chi connectivity index (χ2n) is 7.03. The highest BCUT2D eigenvalue weighted by Crippen LogP contribution is 2.35. The van der Waals surface area contributed by atoms with Crippen LogP contribution >= 0.6 is 22.9 Å². The zero-order valence-electron chi connectivity index (χ0n) is 16.5. The standard InChI is InChI=1S/C22H13ClF3N5OS/c23-12-5-7-13(8-6-12)31-19(22(24,25)26)16(10-28-31)20(32)30-21-29-18(11-33-21)15-9-27-17-4-2-1-3-14(15)17/h1-11,27H,(H,29,30,32). The van der Waals surface area contributed by atoms with Crippen molar-refractivity contribution in [2.24, 2.45) is 0 Å². The van der Waals surface area contributed by atoms with Gasteiger partial charge in [0.2, 0.25) is 0 Å². The maximum Gasteiger partial charge on any atom is 0.434 e. The summed E-state index contributed by atoms with van der Waals surface area (Å²) in [6.07, 6.45) is -2.13. The van der Waals surface area contributed by atoms with Crippen molar-refractivity contribution in [3.63, 3.8) is 0 Å². The molecule has 33 heavy (non-hydrogen) atoms. The lowest BCUT2D eigenvalue weighted by molar-refractivity contribution is -0.143. The van der Waals surface area contributed by atoms with Gasteiger partial charge in [0.15, 0.2) is 10.8 Å². The number of benzene rings is 2. The van der Waals surface area contributed by atoms with Gasteiger partial charge in [0.1, 0.15) is 0 Å². The summed E-state index contributed by atoms with van der Waals surface area (Å²) in [6, 6.07) is 13.3. The van der Waals surface area contributed by atoms with Crippen molar-refractivity contribution < 1.29 is 18.0 Å². The van der Waals surface area contributed by atoms with Crippen LogP contribution in [0, 0.1) is 0 Å². The van der Waals surface area contributed by atoms with E-state index >= 15 is 0 Å². The Morgan fingerprint density at radius 1 is 1.12 bits per heavy atom. The van der Waals surface area contributed by atoms with Crippen LogP contribution in [-0.2, 0) is 6.18 Å². The van der Waals surface area contributed by atoms with E-state index in [-0.39, 0.29) is 10.8 Å². The van der Waals surface area contributed by atoms with Gasteiger partial charge in [-0.05, 0) is 30.3 Å². The number of aromatic amines is 1. The minimum absolute atomic E-state index is 0.127. The molecule has 0 aliphatic heterocycles. The third-order valence-corrected chi connectivity index (χ3v) is 5.95. The molecular weight excluding hydrogens is 475 g/mol. The van der Waals surface area contributed by atoms with Crippen LogP contribution < -0.4 is 5.32 Å². The number of nitrogens with one attached hydrogen (secondary N) is 2. The molecule has 0 bridgehead atoms. The zero-order chi connectivity index (χ0) is 23.2. The van der Waals surface area contributed by atoms with E-state index in [1.807, 2.05) is 24.3 Å². The number of hydrogen-bond acceptors (Lipinski definition) is 4. The summed E-state index contributed by atoms with van der Waals surface area (Å²) in [7, 11) is 0. The van der Waals surface area contributed by atoms with Crippen LogP contribution in [0.3, 0.4) is 0 Å². The molecule has 0 saturated heterocycles. The van der Waals surface area contributed by atoms with Gasteiger partial charge in [0.05, 0.1) is 23.1 Å². The topological polar surface area (TPSA) is 75.6 Å². The van der Waals surface area contributed by atoms with E-state index in [1.54, 1.807) is 11.6 Å². The summed E-state index contributed by atoms with van der Waals surface area (Å²) in [4.78, 5) is 20.3. The summed E-state index contributed by atoms with van der Waals surface area (Å²) in [5, 5.41) is 9.47. The van der Waals surface area contributed by atoms with Crippen molar-refractivity contribution in [1.82, 2.24) is 19.7 Å². The Bertz CT molecular complexity index is 1470. The van der Waals surface area contributed by atoms with E-state index in [2.05, 4.69) is 20.4 Å². The molecule has 0 radical (unpaired) electrons. The van der Waals surface area contributed by atoms with Crippen molar-refractivity contribution in [3.8, 4) is 16.9 Å². The van der Waals surface area contributed by atoms with Gasteiger partial charge < -0.3 is 4.98 Å². The van der Waals surface area contributed by atoms with Crippen LogP contribution in [-0.4, -0.2) is 25.7 Å². The number of fused-ring (bicyclic) bond motifs is 1. The average molecular weight is 488 g/mol. The van der Waals surface area contributed by atoms with Crippen molar-refractivity contribution >= 4 is 44.9 Å². The Morgan fingerprint density at radius 2 is 1.88 bits per heavy atom. The Kier molecular flexibility index (Phi) is 5.18. The first-order valence-corrected chi connectivity index (χ1v) is 10.8. The Balaban J connectivity index is 1.46. The zero-order valence-corrected chi connectivity index (χ0v) is 18.1. The molecule has 0 aliphatic carbocycles. The third-order valence-electron chi connectivity index (χ3n) is 4.94. The molecule has 1 amide bonds. The van der Waals surface area contributed by atoms with E-state index in [0.29, 0.717) is 15.4 Å². The normalized spacial score (nSPS) is 11.8. The van der Waals surface area contributed by atoms with Crippen LogP contribution in [0.25, 0.3) is 27.8 Å². The van der Waals surface area contributed by atoms with Gasteiger partial charge in [0.25, 0.3) is 5.91 Å². The number of halogens is 4. The molecule has 2 N–H and O–H groups in total. The van der Waals surface area contributed by atoms with E-state index in [9.17, 15) is 18.0 Å². The molecule has 3 heterocycles. The van der Waals surface area contributed by atoms with Gasteiger partial charge >= 0.3 is 6.18 Å². The van der Waals surface area contributed by atoms with E-state index < -0.39 is 23.3 Å². The molecule has 5 rings (SSSR count). The van der Waals surface area contributed by atoms with Gasteiger partial charge in [-0.15, -0.1) is 11.3 Å². The Labute approximate surface area is 193 Å². The van der Waals surface area contributed by atoms with Gasteiger partial charge in [-0.2, -0.15) is 18.3 Å². The number of nitrogens with zero attached hydrogens (tertiary/aromatic N) is 3. The number of hydrogen-bond donors (Lipinski definition) is 2. The van der Waals surface area contributed by atoms with Crippen molar-refractivity contribution in [2.45, 2.75) is 6.18 Å². The molecule has 3 aromatic heterocycles. The lowest BCUT2D eigenvalue weighted by Gasteiger charge is -2.12. The molecule has 5 aromatic rings. The van der Waals surface area contributed by atoms with Gasteiger partial charge in [-0.3, -0.25) is 10.1 Å². The molecule has 0 unspecified atom stereocenters. The van der Waals surface area contributed by atoms with E-state index in [4.69, 9.17) is 11.6 Å². The molecule has 0 saturated carbocycles. The van der Waals surface area contributed by atoms with E-state index in [0.717, 1.165) is 34.0 Å². The number of anilines is 1. The highest BCUT2D eigenvalue weighted by atomic mass is 35.5. The van der Waals surface area contributed by atoms with Crippen LogP contribution in [0.2, 0.25) is 5.02 Å². The largest absolute Gasteiger partial charge is 0.434 e. The lowest BCUT2D eigenvalue weighted by Crippen LogP contribution is -2.20. The fourth-order valence-corrected chi connectivity index (χ4v) is 4.30. The van der Waals surface area contributed by atoms with Gasteiger partial charge in [0, 0.05) is 33.1 Å². The number of aromatic nitrogens is 4. The first-order chi connectivity index (χ1) is 15.8. The third kappa shape index (κ3) is 3.98. The number of rotatable bonds is 4. The highest BCUT2D eigenvalue weighted by molar-refractivity contribution is 7.14. The SMILES string of the molecule is O=C(Nc1nc(-c2c[nH]c3ccccc23)cs1)c1cnn(-c2ccc(Cl)cc2)c1C(F)(F)F. The van der Waals surface area contributed by atoms with Crippen molar-refractivity contribution in [3.05, 3.63) is 82.6 Å². The first kappa shape index (κ1) is 21.2. The maximum absolute atomic E-state index is 13.9. The maximum atomic E-state index is 13.9. The highest BCUT2D eigenvalue weighted by Gasteiger charge is 2.40. The molecule has 11 heteroatoms. The molecular formula is C22H13ClF3N5OS. The second-order valence-corrected chi connectivity index (χ2v) is 8.33. The second kappa shape index (κ2) is 8.05. The number of carbonyl (C=O) groups excluding carboxylic acids is 1. The minimum atomic E-state index is -4.82. The number of amides is 1. The first-order valence-electron chi connectivity index (χ1n) is 9.56. The van der Waals surface area contributed by atoms with Crippen molar-refractivity contribution in [1.29, 1.82) is 0 Å². The smallest absolute Gasteiger partial charge is 0.360 e. The monoisotopic (exact) mass is 487 g/mol. The minimum Gasteiger partial charge on any atom is -0.360 e. The number of para-hydroxylation sites is 1. The van der Waals surface area contributed by atoms with Gasteiger partial charge in [-0.25, -0.2) is 9.67 Å². The Morgan fingerprint density at radius 3 is 2.64 bits per heavy atom. The number of carbonyl (C=O) groups is 1. The summed E-state index contributed by atoms with van der Waals surface area (Å²) < 4.78 is 42.3. The van der Waals surface area contributed by atoms with E-state index in [1.165, 1.54) is 24.3 Å². The fraction of sp³-hybridized carbons (Fsp3) is 0.0455. The predicted octanol–water partition coefficient (Wildman–Crippen LogP) is 6.40. The molecule has 0 atom stereocenters. The quantitative estimate of drug-likeness (QED) is 0.308. The van der Waals surface area contributed by atoms with Crippen LogP contribution in [0.15, 0.2) is 66.3 Å². The molecule has 2 aromatic carbocycles. The van der Waals surface area contributed by atoms with Crippen LogP contribution in [0.1, 0.15) is 16.1 Å². The van der Waals surface area contributed by atoms with Crippen molar-refractivity contribution in [2.75, 3.05) is 5.32 Å². The number of H-pyrrole nitrogens is 1. The van der Waals surface area contributed by atoms with Crippen LogP contribution in [0.4, 0.5) is 18.3 Å². The number of thiazole rings is 1. The van der Waals surface area contributed by atoms with Crippen LogP contribution in [0.5, 0.6) is 0 Å². The summed E-state index contributed by atoms with van der Waals surface area (Å²) in [5.74, 6) is -0.956.